The number of para-hydroxylation sites is 1. The SMILES string of the molecule is CCc1nc(-n2nc(C)cc2NC(=O)c2ccccc2SC)[nH]c(=O)c1CC.COc1ccccc1C(=O)Nc1cc(C)nn1-c1ncc(C(C)C)c(=O)[nH]1.CSc1ccccc1C(=O)Nc1cc(C)nn1-c1ncc(C(C)C)c(=O)[nH]1.Cc1cc(NC(=O)c2ccccc2)n(-c2ncc(C(C)C)c(=O)[nH]2)n1.Cc1cc(NC(=O)c2ccccc2F)n(-c2ncc(C(C)C)c(=O)[nH]2)n1. The molecule has 133 heavy (non-hydrogen) atoms. The molecule has 36 nitrogen and oxygen atoms in total. The molecule has 10 N–H and O–H groups in total. The number of benzene rings is 5. The number of anilines is 5. The Morgan fingerprint density at radius 3 is 0.970 bits per heavy atom. The highest BCUT2D eigenvalue weighted by atomic mass is 32.2. The van der Waals surface area contributed by atoms with Gasteiger partial charge in [-0.1, -0.05) is 136 Å². The van der Waals surface area contributed by atoms with Crippen LogP contribution in [-0.2, 0) is 12.8 Å². The number of rotatable bonds is 24. The number of thioether (sulfide) groups is 2. The summed E-state index contributed by atoms with van der Waals surface area (Å²) >= 11 is 3.01. The average Bonchev–Trinajstić information content (AvgIpc) is 1.73. The van der Waals surface area contributed by atoms with Crippen LogP contribution in [0.2, 0.25) is 0 Å². The van der Waals surface area contributed by atoms with Crippen molar-refractivity contribution in [2.75, 3.05) is 46.2 Å². The number of hydrogen-bond donors (Lipinski definition) is 10. The predicted octanol–water partition coefficient (Wildman–Crippen LogP) is 14.8. The lowest BCUT2D eigenvalue weighted by Gasteiger charge is -2.12. The molecule has 5 aromatic carbocycles. The van der Waals surface area contributed by atoms with Crippen molar-refractivity contribution in [1.29, 1.82) is 0 Å². The largest absolute Gasteiger partial charge is 0.496 e. The van der Waals surface area contributed by atoms with Gasteiger partial charge in [0.2, 0.25) is 29.7 Å². The van der Waals surface area contributed by atoms with E-state index in [-0.39, 0.29) is 110 Å². The zero-order valence-electron chi connectivity index (χ0n) is 76.4. The van der Waals surface area contributed by atoms with Gasteiger partial charge in [-0.2, -0.15) is 48.9 Å². The van der Waals surface area contributed by atoms with E-state index in [9.17, 15) is 52.3 Å². The van der Waals surface area contributed by atoms with Crippen LogP contribution in [0.15, 0.2) is 216 Å². The Bertz CT molecular complexity index is 6890. The molecule has 10 aromatic heterocycles. The number of nitrogens with zero attached hydrogens (tertiary/aromatic N) is 15. The molecular weight excluding hydrogens is 1740 g/mol. The average molecular weight is 1840 g/mol. The standard InChI is InChI=1S/C20H23N5O2S.C19H21N5O3.C19H21N5O2S.C18H18FN5O2.C18H19N5O2/c1-5-13-15(6-2)21-20(23-18(13)26)25-17(11-12(3)24-25)22-19(27)14-9-7-8-10-16(14)28-4;2*1-11(2)14-10-20-19(22-18(14)26)24-16(9-12(3)23-24)21-17(25)13-7-5-6-8-15(13)27-4;1-10(2)13-9-20-18(22-17(13)26)24-15(8-11(3)23-24)21-16(25)12-6-4-5-7-14(12)19;1-11(2)14-10-19-18(21-17(14)25)23-15(9-12(3)22-23)20-16(24)13-7-5-4-6-8-13/h7-11H,5-6H2,1-4H3,(H,22,27)(H,21,23,26);2*5-11H,1-4H3,(H,21,25)(H,20,22,26);4-10H,1-3H3,(H,21,25)(H,20,22,26);4-11H,1-3H3,(H,20,24)(H,19,21,25). The van der Waals surface area contributed by atoms with Gasteiger partial charge < -0.3 is 31.3 Å². The summed E-state index contributed by atoms with van der Waals surface area (Å²) < 4.78 is 26.1. The third-order valence-electron chi connectivity index (χ3n) is 20.1. The van der Waals surface area contributed by atoms with E-state index < -0.39 is 11.7 Å². The Hall–Kier alpha value is -15.7. The molecule has 15 rings (SSSR count). The molecule has 15 aromatic rings. The maximum absolute atomic E-state index is 13.8. The van der Waals surface area contributed by atoms with E-state index in [0.717, 1.165) is 15.5 Å². The number of aryl methyl sites for hydroxylation is 6. The van der Waals surface area contributed by atoms with Crippen molar-refractivity contribution in [3.63, 3.8) is 0 Å². The molecule has 5 amide bonds. The van der Waals surface area contributed by atoms with Gasteiger partial charge in [0.05, 0.1) is 63.5 Å². The van der Waals surface area contributed by atoms with Crippen LogP contribution < -0.4 is 59.1 Å². The summed E-state index contributed by atoms with van der Waals surface area (Å²) in [6.07, 6.45) is 11.2. The van der Waals surface area contributed by atoms with Crippen LogP contribution in [0.25, 0.3) is 29.7 Å². The Kier molecular flexibility index (Phi) is 32.8. The fraction of sp³-hybridized carbons (Fsp3) is 0.255. The Balaban J connectivity index is 0.000000160. The molecule has 0 fully saturated rings. The third-order valence-corrected chi connectivity index (χ3v) is 21.7. The molecule has 0 aliphatic rings. The molecule has 0 spiro atoms. The van der Waals surface area contributed by atoms with Crippen molar-refractivity contribution < 1.29 is 33.1 Å². The number of carbonyl (C=O) groups is 5. The summed E-state index contributed by atoms with van der Waals surface area (Å²) in [7, 11) is 1.51. The van der Waals surface area contributed by atoms with E-state index in [4.69, 9.17) is 4.74 Å². The molecule has 0 aliphatic carbocycles. The summed E-state index contributed by atoms with van der Waals surface area (Å²) in [5.74, 6) is 1.53. The second kappa shape index (κ2) is 44.6. The zero-order chi connectivity index (χ0) is 96.2. The molecule has 0 saturated carbocycles. The molecule has 10 heterocycles. The fourth-order valence-corrected chi connectivity index (χ4v) is 14.5. The van der Waals surface area contributed by atoms with Crippen LogP contribution in [0, 0.1) is 40.4 Å². The Morgan fingerprint density at radius 1 is 0.368 bits per heavy atom. The van der Waals surface area contributed by atoms with Crippen LogP contribution in [0.3, 0.4) is 0 Å². The van der Waals surface area contributed by atoms with Gasteiger partial charge in [0.25, 0.3) is 57.3 Å². The Labute approximate surface area is 771 Å². The molecule has 0 unspecified atom stereocenters. The van der Waals surface area contributed by atoms with Gasteiger partial charge in [-0.15, -0.1) is 23.5 Å². The monoisotopic (exact) mass is 1840 g/mol. The fourth-order valence-electron chi connectivity index (χ4n) is 13.3. The highest BCUT2D eigenvalue weighted by molar-refractivity contribution is 7.99. The maximum Gasteiger partial charge on any atom is 0.260 e. The van der Waals surface area contributed by atoms with Crippen LogP contribution in [0.4, 0.5) is 33.5 Å². The molecular formula is C94H102FN25O11S2. The van der Waals surface area contributed by atoms with Crippen molar-refractivity contribution in [3.05, 3.63) is 330 Å². The minimum Gasteiger partial charge on any atom is -0.496 e. The summed E-state index contributed by atoms with van der Waals surface area (Å²) in [6.45, 7) is 28.2. The van der Waals surface area contributed by atoms with Crippen molar-refractivity contribution in [3.8, 4) is 35.5 Å². The molecule has 0 atom stereocenters. The van der Waals surface area contributed by atoms with Crippen molar-refractivity contribution in [1.82, 2.24) is 98.7 Å². The number of aromatic amines is 5. The van der Waals surface area contributed by atoms with E-state index in [2.05, 4.69) is 102 Å². The van der Waals surface area contributed by atoms with Crippen LogP contribution >= 0.6 is 23.5 Å². The molecule has 0 radical (unpaired) electrons. The number of H-pyrrole nitrogens is 5. The van der Waals surface area contributed by atoms with Gasteiger partial charge in [-0.05, 0) is 144 Å². The normalized spacial score (nSPS) is 10.9. The predicted molar refractivity (Wildman–Crippen MR) is 511 cm³/mol. The second-order valence-corrected chi connectivity index (χ2v) is 32.9. The third kappa shape index (κ3) is 24.3. The number of methoxy groups -OCH3 is 1. The minimum atomic E-state index is -0.624. The van der Waals surface area contributed by atoms with Crippen molar-refractivity contribution in [2.45, 2.75) is 150 Å². The zero-order valence-corrected chi connectivity index (χ0v) is 78.1. The smallest absolute Gasteiger partial charge is 0.260 e. The number of amides is 5. The number of hydrogen-bond acceptors (Lipinski definition) is 23. The first-order valence-electron chi connectivity index (χ1n) is 42.2. The lowest BCUT2D eigenvalue weighted by Crippen LogP contribution is -2.22. The summed E-state index contributed by atoms with van der Waals surface area (Å²) in [5, 5.41) is 35.6. The van der Waals surface area contributed by atoms with Crippen LogP contribution in [0.1, 0.15) is 207 Å². The van der Waals surface area contributed by atoms with Gasteiger partial charge in [0, 0.05) is 98.3 Å². The number of nitrogens with one attached hydrogen (secondary N) is 10. The summed E-state index contributed by atoms with van der Waals surface area (Å²) in [4.78, 5) is 161. The molecule has 0 saturated heterocycles. The first-order valence-corrected chi connectivity index (χ1v) is 44.7. The molecule has 0 aliphatic heterocycles. The van der Waals surface area contributed by atoms with Crippen molar-refractivity contribution >= 4 is 82.1 Å². The van der Waals surface area contributed by atoms with E-state index in [1.165, 1.54) is 84.6 Å². The lowest BCUT2D eigenvalue weighted by atomic mass is 10.1. The van der Waals surface area contributed by atoms with E-state index in [1.807, 2.05) is 138 Å². The first-order chi connectivity index (χ1) is 63.6. The minimum absolute atomic E-state index is 0.0277. The van der Waals surface area contributed by atoms with Crippen LogP contribution in [-0.4, -0.2) is 148 Å². The summed E-state index contributed by atoms with van der Waals surface area (Å²) in [6, 6.07) is 44.7. The highest BCUT2D eigenvalue weighted by Gasteiger charge is 2.25. The topological polar surface area (TPSA) is 473 Å². The molecule has 0 bridgehead atoms. The van der Waals surface area contributed by atoms with Crippen molar-refractivity contribution in [2.24, 2.45) is 0 Å². The quantitative estimate of drug-likeness (QED) is 0.0251. The Morgan fingerprint density at radius 2 is 0.654 bits per heavy atom. The number of aromatic nitrogens is 20. The first kappa shape index (κ1) is 97.9. The number of halogens is 1. The maximum atomic E-state index is 13.8. The molecule has 39 heteroatoms. The van der Waals surface area contributed by atoms with Gasteiger partial charge in [-0.3, -0.25) is 72.9 Å². The van der Waals surface area contributed by atoms with E-state index in [1.54, 1.807) is 130 Å². The number of carbonyl (C=O) groups excluding carboxylic acids is 5. The second-order valence-electron chi connectivity index (χ2n) is 31.2. The van der Waals surface area contributed by atoms with Gasteiger partial charge in [0.15, 0.2) is 0 Å². The van der Waals surface area contributed by atoms with E-state index >= 15 is 0 Å². The number of ether oxygens (including phenoxy) is 1. The van der Waals surface area contributed by atoms with Gasteiger partial charge in [-0.25, -0.2) is 29.3 Å². The summed E-state index contributed by atoms with van der Waals surface area (Å²) in [5.41, 5.74) is 7.98. The molecule has 688 valence electrons. The van der Waals surface area contributed by atoms with Gasteiger partial charge in [0.1, 0.15) is 40.7 Å². The van der Waals surface area contributed by atoms with Gasteiger partial charge >= 0.3 is 0 Å². The van der Waals surface area contributed by atoms with Crippen LogP contribution in [0.5, 0.6) is 5.75 Å². The lowest BCUT2D eigenvalue weighted by molar-refractivity contribution is 0.101. The van der Waals surface area contributed by atoms with E-state index in [0.29, 0.717) is 126 Å². The highest BCUT2D eigenvalue weighted by Crippen LogP contribution is 2.28.